The lowest BCUT2D eigenvalue weighted by atomic mass is 10.3. The lowest BCUT2D eigenvalue weighted by Crippen LogP contribution is -2.38. The zero-order valence-corrected chi connectivity index (χ0v) is 9.88. The molecule has 0 aliphatic rings. The van der Waals surface area contributed by atoms with Crippen LogP contribution in [0.2, 0.25) is 0 Å². The number of tetrazole rings is 1. The first-order valence-electron chi connectivity index (χ1n) is 5.45. The summed E-state index contributed by atoms with van der Waals surface area (Å²) in [5, 5.41) is 19.3. The van der Waals surface area contributed by atoms with E-state index in [1.54, 1.807) is 30.3 Å². The van der Waals surface area contributed by atoms with Gasteiger partial charge in [0.1, 0.15) is 19.4 Å². The van der Waals surface area contributed by atoms with Crippen LogP contribution in [0.4, 0.5) is 5.69 Å². The Kier molecular flexibility index (Phi) is 3.81. The highest BCUT2D eigenvalue weighted by Gasteiger charge is 2.19. The molecule has 1 N–H and O–H groups in total. The maximum Gasteiger partial charge on any atom is 0.323 e. The molecule has 8 heteroatoms. The molecule has 0 fully saturated rings. The molecule has 0 saturated carbocycles. The molecule has 1 heterocycles. The van der Waals surface area contributed by atoms with Crippen LogP contribution in [0.3, 0.4) is 0 Å². The van der Waals surface area contributed by atoms with E-state index in [4.69, 9.17) is 5.11 Å². The Balaban J connectivity index is 2.18. The average molecular weight is 261 g/mol. The fourth-order valence-electron chi connectivity index (χ4n) is 1.54. The monoisotopic (exact) mass is 261 g/mol. The van der Waals surface area contributed by atoms with Crippen LogP contribution in [0, 0.1) is 0 Å². The summed E-state index contributed by atoms with van der Waals surface area (Å²) in [5.41, 5.74) is 0.517. The van der Waals surface area contributed by atoms with E-state index in [1.165, 1.54) is 15.9 Å². The SMILES string of the molecule is O=C(O)CN(C(=O)Cn1cnnn1)c1ccccc1. The molecule has 0 aliphatic heterocycles. The van der Waals surface area contributed by atoms with Crippen LogP contribution in [0.5, 0.6) is 0 Å². The van der Waals surface area contributed by atoms with E-state index in [0.29, 0.717) is 5.69 Å². The molecule has 0 saturated heterocycles. The van der Waals surface area contributed by atoms with E-state index >= 15 is 0 Å². The first-order valence-corrected chi connectivity index (χ1v) is 5.45. The molecular formula is C11H11N5O3. The summed E-state index contributed by atoms with van der Waals surface area (Å²) >= 11 is 0. The number of amides is 1. The highest BCUT2D eigenvalue weighted by Crippen LogP contribution is 2.13. The molecule has 0 bridgehead atoms. The number of carboxylic acids is 1. The van der Waals surface area contributed by atoms with E-state index in [0.717, 1.165) is 0 Å². The fraction of sp³-hybridized carbons (Fsp3) is 0.182. The molecule has 0 radical (unpaired) electrons. The van der Waals surface area contributed by atoms with Gasteiger partial charge in [-0.3, -0.25) is 14.5 Å². The number of aromatic nitrogens is 4. The molecule has 2 rings (SSSR count). The van der Waals surface area contributed by atoms with E-state index < -0.39 is 18.4 Å². The molecule has 0 aliphatic carbocycles. The molecule has 19 heavy (non-hydrogen) atoms. The van der Waals surface area contributed by atoms with E-state index in [-0.39, 0.29) is 6.54 Å². The summed E-state index contributed by atoms with van der Waals surface area (Å²) < 4.78 is 1.24. The number of nitrogens with zero attached hydrogens (tertiary/aromatic N) is 5. The number of anilines is 1. The van der Waals surface area contributed by atoms with Crippen LogP contribution in [0.15, 0.2) is 36.7 Å². The number of benzene rings is 1. The van der Waals surface area contributed by atoms with Crippen molar-refractivity contribution in [2.45, 2.75) is 6.54 Å². The predicted molar refractivity (Wildman–Crippen MR) is 64.2 cm³/mol. The van der Waals surface area contributed by atoms with Gasteiger partial charge in [0.15, 0.2) is 0 Å². The topological polar surface area (TPSA) is 101 Å². The van der Waals surface area contributed by atoms with Gasteiger partial charge in [0.25, 0.3) is 0 Å². The number of para-hydroxylation sites is 1. The van der Waals surface area contributed by atoms with Crippen molar-refractivity contribution in [1.29, 1.82) is 0 Å². The Hall–Kier alpha value is -2.77. The van der Waals surface area contributed by atoms with Gasteiger partial charge in [0, 0.05) is 5.69 Å². The highest BCUT2D eigenvalue weighted by atomic mass is 16.4. The second-order valence-corrected chi connectivity index (χ2v) is 3.72. The highest BCUT2D eigenvalue weighted by molar-refractivity contribution is 5.97. The van der Waals surface area contributed by atoms with Crippen molar-refractivity contribution in [3.05, 3.63) is 36.7 Å². The van der Waals surface area contributed by atoms with Gasteiger partial charge < -0.3 is 5.11 Å². The van der Waals surface area contributed by atoms with Crippen molar-refractivity contribution in [2.24, 2.45) is 0 Å². The molecular weight excluding hydrogens is 250 g/mol. The number of carboxylic acid groups (broad SMARTS) is 1. The Morgan fingerprint density at radius 1 is 1.26 bits per heavy atom. The summed E-state index contributed by atoms with van der Waals surface area (Å²) in [5.74, 6) is -1.49. The molecule has 1 aromatic heterocycles. The molecule has 0 spiro atoms. The molecule has 2 aromatic rings. The van der Waals surface area contributed by atoms with Crippen molar-refractivity contribution in [1.82, 2.24) is 20.2 Å². The quantitative estimate of drug-likeness (QED) is 0.799. The van der Waals surface area contributed by atoms with Gasteiger partial charge in [-0.1, -0.05) is 18.2 Å². The average Bonchev–Trinajstić information content (AvgIpc) is 2.89. The number of hydrogen-bond donors (Lipinski definition) is 1. The summed E-state index contributed by atoms with van der Waals surface area (Å²) in [7, 11) is 0. The summed E-state index contributed by atoms with van der Waals surface area (Å²) in [4.78, 5) is 24.1. The third kappa shape index (κ3) is 3.35. The second-order valence-electron chi connectivity index (χ2n) is 3.72. The standard InChI is InChI=1S/C11H11N5O3/c17-10(6-15-8-12-13-14-15)16(7-11(18)19)9-4-2-1-3-5-9/h1-5,8H,6-7H2,(H,18,19). The molecule has 8 nitrogen and oxygen atoms in total. The Labute approximate surface area is 108 Å². The van der Waals surface area contributed by atoms with E-state index in [9.17, 15) is 9.59 Å². The maximum atomic E-state index is 12.1. The van der Waals surface area contributed by atoms with Crippen LogP contribution in [-0.2, 0) is 16.1 Å². The largest absolute Gasteiger partial charge is 0.480 e. The number of aliphatic carboxylic acids is 1. The number of carbonyl (C=O) groups excluding carboxylic acids is 1. The van der Waals surface area contributed by atoms with Crippen LogP contribution in [-0.4, -0.2) is 43.7 Å². The molecule has 98 valence electrons. The van der Waals surface area contributed by atoms with Gasteiger partial charge in [-0.15, -0.1) is 5.10 Å². The minimum Gasteiger partial charge on any atom is -0.480 e. The van der Waals surface area contributed by atoms with Gasteiger partial charge in [0.2, 0.25) is 5.91 Å². The fourth-order valence-corrected chi connectivity index (χ4v) is 1.54. The molecule has 1 amide bonds. The lowest BCUT2D eigenvalue weighted by molar-refractivity contribution is -0.136. The van der Waals surface area contributed by atoms with Crippen LogP contribution < -0.4 is 4.90 Å². The van der Waals surface area contributed by atoms with Crippen molar-refractivity contribution in [3.8, 4) is 0 Å². The lowest BCUT2D eigenvalue weighted by Gasteiger charge is -2.20. The van der Waals surface area contributed by atoms with E-state index in [1.807, 2.05) is 0 Å². The normalized spacial score (nSPS) is 10.1. The van der Waals surface area contributed by atoms with Crippen LogP contribution in [0.25, 0.3) is 0 Å². The van der Waals surface area contributed by atoms with E-state index in [2.05, 4.69) is 15.5 Å². The number of hydrogen-bond acceptors (Lipinski definition) is 5. The van der Waals surface area contributed by atoms with Gasteiger partial charge in [-0.25, -0.2) is 4.68 Å². The minimum absolute atomic E-state index is 0.116. The summed E-state index contributed by atoms with van der Waals surface area (Å²) in [6.07, 6.45) is 1.29. The summed E-state index contributed by atoms with van der Waals surface area (Å²) in [6.45, 7) is -0.528. The second kappa shape index (κ2) is 5.71. The third-order valence-corrected chi connectivity index (χ3v) is 2.35. The molecule has 0 unspecified atom stereocenters. The Bertz CT molecular complexity index is 555. The zero-order valence-electron chi connectivity index (χ0n) is 9.88. The van der Waals surface area contributed by atoms with Crippen molar-refractivity contribution in [2.75, 3.05) is 11.4 Å². The van der Waals surface area contributed by atoms with Gasteiger partial charge in [-0.2, -0.15) is 0 Å². The van der Waals surface area contributed by atoms with Gasteiger partial charge >= 0.3 is 5.97 Å². The van der Waals surface area contributed by atoms with Crippen LogP contribution >= 0.6 is 0 Å². The van der Waals surface area contributed by atoms with Crippen LogP contribution in [0.1, 0.15) is 0 Å². The van der Waals surface area contributed by atoms with Crippen molar-refractivity contribution < 1.29 is 14.7 Å². The van der Waals surface area contributed by atoms with Crippen molar-refractivity contribution in [3.63, 3.8) is 0 Å². The maximum absolute atomic E-state index is 12.1. The zero-order chi connectivity index (χ0) is 13.7. The first-order chi connectivity index (χ1) is 9.16. The van der Waals surface area contributed by atoms with Crippen molar-refractivity contribution >= 4 is 17.6 Å². The first kappa shape index (κ1) is 12.7. The number of rotatable bonds is 5. The Morgan fingerprint density at radius 2 is 2.00 bits per heavy atom. The van der Waals surface area contributed by atoms with Gasteiger partial charge in [0.05, 0.1) is 0 Å². The number of carbonyl (C=O) groups is 2. The van der Waals surface area contributed by atoms with Gasteiger partial charge in [-0.05, 0) is 22.6 Å². The molecule has 0 atom stereocenters. The smallest absolute Gasteiger partial charge is 0.323 e. The predicted octanol–water partition coefficient (Wildman–Crippen LogP) is -0.209. The minimum atomic E-state index is -1.09. The summed E-state index contributed by atoms with van der Waals surface area (Å²) in [6, 6.07) is 8.58. The third-order valence-electron chi connectivity index (χ3n) is 2.35. The Morgan fingerprint density at radius 3 is 2.58 bits per heavy atom. The molecule has 1 aromatic carbocycles.